The molecule has 0 saturated carbocycles. The average Bonchev–Trinajstić information content (AvgIpc) is 2.41. The van der Waals surface area contributed by atoms with Gasteiger partial charge in [-0.25, -0.2) is 4.79 Å². The molecule has 2 heterocycles. The fourth-order valence-electron chi connectivity index (χ4n) is 2.67. The number of aromatic nitrogens is 1. The SMILES string of the molecule is O=C(O)/C=C/c1cc2cccc3c2n(c1=O)CCC3. The summed E-state index contributed by atoms with van der Waals surface area (Å²) >= 11 is 0. The summed E-state index contributed by atoms with van der Waals surface area (Å²) in [6.07, 6.45) is 4.30. The van der Waals surface area contributed by atoms with E-state index >= 15 is 0 Å². The van der Waals surface area contributed by atoms with E-state index < -0.39 is 5.97 Å². The number of pyridine rings is 1. The molecule has 0 bridgehead atoms. The van der Waals surface area contributed by atoms with Crippen LogP contribution in [0.5, 0.6) is 0 Å². The minimum absolute atomic E-state index is 0.114. The second-order valence-electron chi connectivity index (χ2n) is 4.69. The van der Waals surface area contributed by atoms with Crippen molar-refractivity contribution < 1.29 is 9.90 Å². The van der Waals surface area contributed by atoms with Crippen LogP contribution in [0, 0.1) is 0 Å². The fourth-order valence-corrected chi connectivity index (χ4v) is 2.67. The average molecular weight is 255 g/mol. The van der Waals surface area contributed by atoms with Crippen molar-refractivity contribution in [2.75, 3.05) is 0 Å². The maximum absolute atomic E-state index is 12.3. The van der Waals surface area contributed by atoms with E-state index in [4.69, 9.17) is 5.11 Å². The second-order valence-corrected chi connectivity index (χ2v) is 4.69. The van der Waals surface area contributed by atoms with Gasteiger partial charge in [0, 0.05) is 18.2 Å². The quantitative estimate of drug-likeness (QED) is 0.835. The summed E-state index contributed by atoms with van der Waals surface area (Å²) in [5.41, 5.74) is 2.49. The molecule has 0 amide bonds. The zero-order chi connectivity index (χ0) is 13.4. The Balaban J connectivity index is 2.31. The van der Waals surface area contributed by atoms with Crippen molar-refractivity contribution in [2.45, 2.75) is 19.4 Å². The number of carbonyl (C=O) groups is 1. The summed E-state index contributed by atoms with van der Waals surface area (Å²) in [7, 11) is 0. The van der Waals surface area contributed by atoms with E-state index in [0.717, 1.165) is 29.8 Å². The molecule has 2 aromatic rings. The van der Waals surface area contributed by atoms with Crippen LogP contribution in [0.25, 0.3) is 17.0 Å². The van der Waals surface area contributed by atoms with Crippen molar-refractivity contribution in [1.29, 1.82) is 0 Å². The van der Waals surface area contributed by atoms with Crippen molar-refractivity contribution >= 4 is 22.9 Å². The van der Waals surface area contributed by atoms with Crippen LogP contribution in [-0.2, 0) is 17.8 Å². The molecule has 3 rings (SSSR count). The van der Waals surface area contributed by atoms with Crippen LogP contribution in [-0.4, -0.2) is 15.6 Å². The van der Waals surface area contributed by atoms with Gasteiger partial charge in [-0.15, -0.1) is 0 Å². The Kier molecular flexibility index (Phi) is 2.71. The molecule has 0 saturated heterocycles. The number of para-hydroxylation sites is 1. The Labute approximate surface area is 109 Å². The number of benzene rings is 1. The zero-order valence-electron chi connectivity index (χ0n) is 10.3. The standard InChI is InChI=1S/C15H13NO3/c17-13(18)7-6-12-9-11-4-1-3-10-5-2-8-16(14(10)11)15(12)19/h1,3-4,6-7,9H,2,5,8H2,(H,17,18)/b7-6+. The molecule has 19 heavy (non-hydrogen) atoms. The van der Waals surface area contributed by atoms with Gasteiger partial charge in [-0.2, -0.15) is 0 Å². The summed E-state index contributed by atoms with van der Waals surface area (Å²) in [6.45, 7) is 0.696. The highest BCUT2D eigenvalue weighted by Gasteiger charge is 2.14. The number of nitrogens with zero attached hydrogens (tertiary/aromatic N) is 1. The number of hydrogen-bond donors (Lipinski definition) is 1. The third kappa shape index (κ3) is 1.95. The smallest absolute Gasteiger partial charge is 0.328 e. The van der Waals surface area contributed by atoms with E-state index in [0.29, 0.717) is 12.1 Å². The van der Waals surface area contributed by atoms with Crippen LogP contribution < -0.4 is 5.56 Å². The van der Waals surface area contributed by atoms with Gasteiger partial charge in [-0.1, -0.05) is 18.2 Å². The molecule has 1 aromatic heterocycles. The number of aliphatic carboxylic acids is 1. The van der Waals surface area contributed by atoms with Gasteiger partial charge in [-0.3, -0.25) is 4.79 Å². The van der Waals surface area contributed by atoms with Crippen molar-refractivity contribution in [2.24, 2.45) is 0 Å². The van der Waals surface area contributed by atoms with Crippen LogP contribution >= 0.6 is 0 Å². The fraction of sp³-hybridized carbons (Fsp3) is 0.200. The molecule has 1 aromatic carbocycles. The van der Waals surface area contributed by atoms with E-state index in [1.165, 1.54) is 11.6 Å². The highest BCUT2D eigenvalue weighted by atomic mass is 16.4. The monoisotopic (exact) mass is 255 g/mol. The maximum Gasteiger partial charge on any atom is 0.328 e. The lowest BCUT2D eigenvalue weighted by Gasteiger charge is -2.19. The molecule has 0 fully saturated rings. The Morgan fingerprint density at radius 2 is 2.21 bits per heavy atom. The van der Waals surface area contributed by atoms with Crippen molar-refractivity contribution in [3.63, 3.8) is 0 Å². The number of aryl methyl sites for hydroxylation is 2. The highest BCUT2D eigenvalue weighted by Crippen LogP contribution is 2.24. The lowest BCUT2D eigenvalue weighted by atomic mass is 10.00. The largest absolute Gasteiger partial charge is 0.478 e. The first-order valence-electron chi connectivity index (χ1n) is 6.23. The van der Waals surface area contributed by atoms with Gasteiger partial charge in [0.25, 0.3) is 5.56 Å². The van der Waals surface area contributed by atoms with Crippen LogP contribution in [0.3, 0.4) is 0 Å². The molecule has 1 aliphatic rings. The molecule has 0 aliphatic carbocycles. The van der Waals surface area contributed by atoms with Crippen LogP contribution in [0.15, 0.2) is 35.1 Å². The molecular weight excluding hydrogens is 242 g/mol. The zero-order valence-corrected chi connectivity index (χ0v) is 10.3. The Bertz CT molecular complexity index is 756. The molecule has 0 spiro atoms. The molecule has 4 heteroatoms. The normalized spacial score (nSPS) is 14.1. The molecule has 4 nitrogen and oxygen atoms in total. The molecule has 96 valence electrons. The van der Waals surface area contributed by atoms with Gasteiger partial charge >= 0.3 is 5.97 Å². The molecule has 0 radical (unpaired) electrons. The second kappa shape index (κ2) is 4.39. The molecule has 0 atom stereocenters. The number of rotatable bonds is 2. The third-order valence-electron chi connectivity index (χ3n) is 3.46. The third-order valence-corrected chi connectivity index (χ3v) is 3.46. The molecule has 1 aliphatic heterocycles. The Morgan fingerprint density at radius 3 is 3.00 bits per heavy atom. The predicted octanol–water partition coefficient (Wildman–Crippen LogP) is 2.05. The summed E-state index contributed by atoms with van der Waals surface area (Å²) < 4.78 is 1.76. The van der Waals surface area contributed by atoms with Gasteiger partial charge < -0.3 is 9.67 Å². The minimum atomic E-state index is -1.05. The summed E-state index contributed by atoms with van der Waals surface area (Å²) in [6, 6.07) is 7.74. The van der Waals surface area contributed by atoms with E-state index in [1.807, 2.05) is 18.2 Å². The summed E-state index contributed by atoms with van der Waals surface area (Å²) in [5, 5.41) is 9.65. The van der Waals surface area contributed by atoms with Gasteiger partial charge in [0.15, 0.2) is 0 Å². The van der Waals surface area contributed by atoms with E-state index in [2.05, 4.69) is 0 Å². The number of hydrogen-bond acceptors (Lipinski definition) is 2. The van der Waals surface area contributed by atoms with Gasteiger partial charge in [-0.05, 0) is 35.9 Å². The van der Waals surface area contributed by atoms with Gasteiger partial charge in [0.1, 0.15) is 0 Å². The lowest BCUT2D eigenvalue weighted by molar-refractivity contribution is -0.131. The topological polar surface area (TPSA) is 59.3 Å². The predicted molar refractivity (Wildman–Crippen MR) is 73.2 cm³/mol. The van der Waals surface area contributed by atoms with Crippen LogP contribution in [0.2, 0.25) is 0 Å². The Morgan fingerprint density at radius 1 is 1.37 bits per heavy atom. The highest BCUT2D eigenvalue weighted by molar-refractivity contribution is 5.88. The first-order chi connectivity index (χ1) is 9.16. The van der Waals surface area contributed by atoms with E-state index in [9.17, 15) is 9.59 Å². The molecular formula is C15H13NO3. The minimum Gasteiger partial charge on any atom is -0.478 e. The van der Waals surface area contributed by atoms with E-state index in [-0.39, 0.29) is 5.56 Å². The number of carboxylic acid groups (broad SMARTS) is 1. The van der Waals surface area contributed by atoms with E-state index in [1.54, 1.807) is 10.6 Å². The van der Waals surface area contributed by atoms with Gasteiger partial charge in [0.2, 0.25) is 0 Å². The summed E-state index contributed by atoms with van der Waals surface area (Å²) in [4.78, 5) is 22.9. The first-order valence-corrected chi connectivity index (χ1v) is 6.23. The Hall–Kier alpha value is -2.36. The summed E-state index contributed by atoms with van der Waals surface area (Å²) in [5.74, 6) is -1.05. The maximum atomic E-state index is 12.3. The van der Waals surface area contributed by atoms with Crippen molar-refractivity contribution in [1.82, 2.24) is 4.57 Å². The first kappa shape index (κ1) is 11.7. The van der Waals surface area contributed by atoms with Gasteiger partial charge in [0.05, 0.1) is 5.52 Å². The molecule has 1 N–H and O–H groups in total. The van der Waals surface area contributed by atoms with Crippen LogP contribution in [0.4, 0.5) is 0 Å². The lowest BCUT2D eigenvalue weighted by Crippen LogP contribution is -2.26. The van der Waals surface area contributed by atoms with Crippen molar-refractivity contribution in [3.05, 3.63) is 51.8 Å². The molecule has 0 unspecified atom stereocenters. The number of carboxylic acids is 1. The van der Waals surface area contributed by atoms with Crippen molar-refractivity contribution in [3.8, 4) is 0 Å². The van der Waals surface area contributed by atoms with Crippen LogP contribution in [0.1, 0.15) is 17.5 Å².